The Morgan fingerprint density at radius 1 is 1.04 bits per heavy atom. The zero-order chi connectivity index (χ0) is 18.2. The zero-order valence-corrected chi connectivity index (χ0v) is 15.2. The van der Waals surface area contributed by atoms with Crippen LogP contribution >= 0.6 is 0 Å². The normalized spacial score (nSPS) is 21.2. The zero-order valence-electron chi connectivity index (χ0n) is 15.2. The van der Waals surface area contributed by atoms with Crippen molar-refractivity contribution < 1.29 is 14.3 Å². The molecular formula is C21H23N3O3. The van der Waals surface area contributed by atoms with Gasteiger partial charge in [0.2, 0.25) is 6.79 Å². The summed E-state index contributed by atoms with van der Waals surface area (Å²) in [6.45, 7) is 3.86. The Morgan fingerprint density at radius 2 is 1.89 bits per heavy atom. The Kier molecular flexibility index (Phi) is 4.13. The predicted molar refractivity (Wildman–Crippen MR) is 102 cm³/mol. The molecule has 1 saturated heterocycles. The average Bonchev–Trinajstić information content (AvgIpc) is 3.37. The summed E-state index contributed by atoms with van der Waals surface area (Å²) >= 11 is 0. The van der Waals surface area contributed by atoms with E-state index in [0.29, 0.717) is 11.8 Å². The van der Waals surface area contributed by atoms with Crippen LogP contribution in [0.2, 0.25) is 0 Å². The van der Waals surface area contributed by atoms with Crippen molar-refractivity contribution in [1.29, 1.82) is 0 Å². The van der Waals surface area contributed by atoms with E-state index >= 15 is 0 Å². The molecule has 1 atom stereocenters. The fourth-order valence-corrected chi connectivity index (χ4v) is 4.23. The summed E-state index contributed by atoms with van der Waals surface area (Å²) in [5.41, 5.74) is 3.62. The second kappa shape index (κ2) is 6.78. The van der Waals surface area contributed by atoms with E-state index in [-0.39, 0.29) is 12.8 Å². The number of benzene rings is 2. The number of likely N-dealkylation sites (tertiary alicyclic amines) is 1. The number of nitrogens with one attached hydrogen (secondary N) is 1. The van der Waals surface area contributed by atoms with Gasteiger partial charge in [0, 0.05) is 44.0 Å². The molecule has 1 unspecified atom stereocenters. The van der Waals surface area contributed by atoms with Crippen molar-refractivity contribution in [2.75, 3.05) is 31.7 Å². The van der Waals surface area contributed by atoms with Crippen LogP contribution in [0.1, 0.15) is 17.5 Å². The van der Waals surface area contributed by atoms with Crippen LogP contribution in [0, 0.1) is 0 Å². The number of hydrogen-bond donors (Lipinski definition) is 1. The van der Waals surface area contributed by atoms with Gasteiger partial charge in [-0.3, -0.25) is 4.90 Å². The molecule has 0 saturated carbocycles. The fraction of sp³-hybridized carbons (Fsp3) is 0.381. The van der Waals surface area contributed by atoms with E-state index in [2.05, 4.69) is 34.5 Å². The molecule has 0 aliphatic carbocycles. The number of carbonyl (C=O) groups excluding carboxylic acids is 1. The Morgan fingerprint density at radius 3 is 2.81 bits per heavy atom. The number of fused-ring (bicyclic) bond motifs is 2. The van der Waals surface area contributed by atoms with E-state index in [9.17, 15) is 4.79 Å². The van der Waals surface area contributed by atoms with Crippen LogP contribution < -0.4 is 14.8 Å². The molecule has 1 fully saturated rings. The van der Waals surface area contributed by atoms with Crippen LogP contribution in [0.25, 0.3) is 0 Å². The maximum absolute atomic E-state index is 12.7. The summed E-state index contributed by atoms with van der Waals surface area (Å²) in [4.78, 5) is 17.1. The summed E-state index contributed by atoms with van der Waals surface area (Å²) in [7, 11) is 0. The molecule has 1 N–H and O–H groups in total. The SMILES string of the molecule is O=C(Nc1ccc2c(c1)OCO2)N1CCC(N2CCc3ccccc3C2)C1. The van der Waals surface area contributed by atoms with Crippen LogP contribution in [0.3, 0.4) is 0 Å². The third kappa shape index (κ3) is 3.21. The Balaban J connectivity index is 1.20. The molecule has 0 bridgehead atoms. The maximum atomic E-state index is 12.7. The van der Waals surface area contributed by atoms with Crippen molar-refractivity contribution in [2.45, 2.75) is 25.4 Å². The first-order chi connectivity index (χ1) is 13.3. The number of urea groups is 1. The van der Waals surface area contributed by atoms with E-state index in [1.807, 2.05) is 23.1 Å². The van der Waals surface area contributed by atoms with Crippen LogP contribution in [0.15, 0.2) is 42.5 Å². The Hall–Kier alpha value is -2.73. The van der Waals surface area contributed by atoms with Crippen molar-refractivity contribution in [3.8, 4) is 11.5 Å². The summed E-state index contributed by atoms with van der Waals surface area (Å²) < 4.78 is 10.7. The van der Waals surface area contributed by atoms with E-state index in [1.54, 1.807) is 0 Å². The molecule has 3 aliphatic rings. The molecule has 2 aromatic rings. The molecule has 3 heterocycles. The van der Waals surface area contributed by atoms with Crippen molar-refractivity contribution in [2.24, 2.45) is 0 Å². The molecule has 6 heteroatoms. The summed E-state index contributed by atoms with van der Waals surface area (Å²) in [6, 6.07) is 14.6. The van der Waals surface area contributed by atoms with E-state index in [0.717, 1.165) is 50.5 Å². The lowest BCUT2D eigenvalue weighted by Gasteiger charge is -2.33. The predicted octanol–water partition coefficient (Wildman–Crippen LogP) is 3.08. The number of anilines is 1. The first-order valence-corrected chi connectivity index (χ1v) is 9.53. The van der Waals surface area contributed by atoms with Crippen LogP contribution in [0.5, 0.6) is 11.5 Å². The van der Waals surface area contributed by atoms with Crippen molar-refractivity contribution in [1.82, 2.24) is 9.80 Å². The van der Waals surface area contributed by atoms with Crippen molar-refractivity contribution >= 4 is 11.7 Å². The molecule has 0 radical (unpaired) electrons. The average molecular weight is 365 g/mol. The number of hydrogen-bond acceptors (Lipinski definition) is 4. The molecule has 3 aliphatic heterocycles. The molecular weight excluding hydrogens is 342 g/mol. The van der Waals surface area contributed by atoms with Gasteiger partial charge in [0.05, 0.1) is 0 Å². The van der Waals surface area contributed by atoms with Crippen LogP contribution in [-0.2, 0) is 13.0 Å². The van der Waals surface area contributed by atoms with Crippen molar-refractivity contribution in [3.05, 3.63) is 53.6 Å². The van der Waals surface area contributed by atoms with Gasteiger partial charge in [-0.15, -0.1) is 0 Å². The monoisotopic (exact) mass is 365 g/mol. The lowest BCUT2D eigenvalue weighted by molar-refractivity contribution is 0.174. The number of nitrogens with zero attached hydrogens (tertiary/aromatic N) is 2. The van der Waals surface area contributed by atoms with Crippen LogP contribution in [0.4, 0.5) is 10.5 Å². The largest absolute Gasteiger partial charge is 0.454 e. The lowest BCUT2D eigenvalue weighted by Crippen LogP contribution is -2.42. The highest BCUT2D eigenvalue weighted by Crippen LogP contribution is 2.34. The first kappa shape index (κ1) is 16.4. The van der Waals surface area contributed by atoms with Gasteiger partial charge in [-0.1, -0.05) is 24.3 Å². The quantitative estimate of drug-likeness (QED) is 0.889. The molecule has 2 aromatic carbocycles. The molecule has 0 spiro atoms. The van der Waals surface area contributed by atoms with Gasteiger partial charge in [-0.25, -0.2) is 4.79 Å². The molecule has 5 rings (SSSR count). The second-order valence-electron chi connectivity index (χ2n) is 7.38. The molecule has 140 valence electrons. The van der Waals surface area contributed by atoms with Gasteiger partial charge in [-0.05, 0) is 36.1 Å². The highest BCUT2D eigenvalue weighted by Gasteiger charge is 2.32. The van der Waals surface area contributed by atoms with E-state index < -0.39 is 0 Å². The topological polar surface area (TPSA) is 54.0 Å². The smallest absolute Gasteiger partial charge is 0.321 e. The van der Waals surface area contributed by atoms with E-state index in [1.165, 1.54) is 11.1 Å². The summed E-state index contributed by atoms with van der Waals surface area (Å²) in [5, 5.41) is 2.99. The minimum absolute atomic E-state index is 0.0474. The van der Waals surface area contributed by atoms with Crippen molar-refractivity contribution in [3.63, 3.8) is 0 Å². The second-order valence-corrected chi connectivity index (χ2v) is 7.38. The van der Waals surface area contributed by atoms with Gasteiger partial charge in [0.25, 0.3) is 0 Å². The highest BCUT2D eigenvalue weighted by molar-refractivity contribution is 5.90. The minimum atomic E-state index is -0.0474. The Labute approximate surface area is 158 Å². The van der Waals surface area contributed by atoms with Gasteiger partial charge < -0.3 is 19.7 Å². The fourth-order valence-electron chi connectivity index (χ4n) is 4.23. The van der Waals surface area contributed by atoms with Gasteiger partial charge in [-0.2, -0.15) is 0 Å². The van der Waals surface area contributed by atoms with Crippen LogP contribution in [-0.4, -0.2) is 48.3 Å². The standard InChI is InChI=1S/C21H23N3O3/c25-21(22-17-5-6-19-20(11-17)27-14-26-19)24-10-8-18(13-24)23-9-7-15-3-1-2-4-16(15)12-23/h1-6,11,18H,7-10,12-14H2,(H,22,25). The molecule has 0 aromatic heterocycles. The highest BCUT2D eigenvalue weighted by atomic mass is 16.7. The first-order valence-electron chi connectivity index (χ1n) is 9.53. The minimum Gasteiger partial charge on any atom is -0.454 e. The maximum Gasteiger partial charge on any atom is 0.321 e. The number of carbonyl (C=O) groups is 1. The van der Waals surface area contributed by atoms with Gasteiger partial charge in [0.15, 0.2) is 11.5 Å². The number of amides is 2. The summed E-state index contributed by atoms with van der Waals surface area (Å²) in [6.07, 6.45) is 2.12. The van der Waals surface area contributed by atoms with Gasteiger partial charge in [0.1, 0.15) is 0 Å². The van der Waals surface area contributed by atoms with Gasteiger partial charge >= 0.3 is 6.03 Å². The number of ether oxygens (including phenoxy) is 2. The molecule has 2 amide bonds. The summed E-state index contributed by atoms with van der Waals surface area (Å²) in [5.74, 6) is 1.40. The number of rotatable bonds is 2. The molecule has 6 nitrogen and oxygen atoms in total. The Bertz CT molecular complexity index is 870. The lowest BCUT2D eigenvalue weighted by atomic mass is 9.98. The van der Waals surface area contributed by atoms with E-state index in [4.69, 9.17) is 9.47 Å². The third-order valence-corrected chi connectivity index (χ3v) is 5.75. The third-order valence-electron chi connectivity index (χ3n) is 5.75. The molecule has 27 heavy (non-hydrogen) atoms.